The van der Waals surface area contributed by atoms with Gasteiger partial charge in [-0.05, 0) is 36.6 Å². The zero-order chi connectivity index (χ0) is 20.0. The lowest BCUT2D eigenvalue weighted by atomic mass is 10.1. The highest BCUT2D eigenvalue weighted by molar-refractivity contribution is 7.92. The van der Waals surface area contributed by atoms with Crippen LogP contribution in [0.15, 0.2) is 48.5 Å². The largest absolute Gasteiger partial charge is 0.497 e. The summed E-state index contributed by atoms with van der Waals surface area (Å²) in [7, 11) is -2.18. The molecule has 2 rings (SSSR count). The topological polar surface area (TPSA) is 75.7 Å². The molecule has 0 radical (unpaired) electrons. The molecule has 6 nitrogen and oxygen atoms in total. The van der Waals surface area contributed by atoms with Crippen LogP contribution < -0.4 is 14.4 Å². The van der Waals surface area contributed by atoms with E-state index in [4.69, 9.17) is 4.74 Å². The minimum atomic E-state index is -3.69. The van der Waals surface area contributed by atoms with Gasteiger partial charge in [0.25, 0.3) is 0 Å². The average molecular weight is 391 g/mol. The minimum absolute atomic E-state index is 0.324. The summed E-state index contributed by atoms with van der Waals surface area (Å²) in [6, 6.07) is 13.3. The van der Waals surface area contributed by atoms with E-state index in [9.17, 15) is 13.2 Å². The zero-order valence-corrected chi connectivity index (χ0v) is 16.9. The number of hydrogen-bond donors (Lipinski definition) is 1. The maximum absolute atomic E-state index is 13.0. The maximum Gasteiger partial charge on any atom is 0.248 e. The van der Waals surface area contributed by atoms with Crippen molar-refractivity contribution < 1.29 is 17.9 Å². The van der Waals surface area contributed by atoms with Gasteiger partial charge in [0, 0.05) is 11.8 Å². The van der Waals surface area contributed by atoms with Crippen LogP contribution in [-0.2, 0) is 21.2 Å². The number of carbonyl (C=O) groups is 1. The summed E-state index contributed by atoms with van der Waals surface area (Å²) in [5, 5.41) is 2.89. The zero-order valence-electron chi connectivity index (χ0n) is 16.1. The number of para-hydroxylation sites is 1. The van der Waals surface area contributed by atoms with Gasteiger partial charge < -0.3 is 10.1 Å². The Kier molecular flexibility index (Phi) is 6.85. The lowest BCUT2D eigenvalue weighted by Crippen LogP contribution is -2.47. The molecule has 0 saturated heterocycles. The molecule has 2 aromatic rings. The first-order valence-electron chi connectivity index (χ1n) is 8.84. The number of methoxy groups -OCH3 is 1. The monoisotopic (exact) mass is 390 g/mol. The fraction of sp³-hybridized carbons (Fsp3) is 0.350. The fourth-order valence-electron chi connectivity index (χ4n) is 2.97. The SMILES string of the molecule is CCc1ccccc1NC(=O)[C@@H](CC)N(c1cccc(OC)c1)S(C)(=O)=O. The number of carbonyl (C=O) groups excluding carboxylic acids is 1. The summed E-state index contributed by atoms with van der Waals surface area (Å²) in [6.07, 6.45) is 2.19. The van der Waals surface area contributed by atoms with Gasteiger partial charge in [0.05, 0.1) is 19.1 Å². The number of ether oxygens (including phenoxy) is 1. The molecule has 1 N–H and O–H groups in total. The summed E-state index contributed by atoms with van der Waals surface area (Å²) in [5.74, 6) is 0.152. The van der Waals surface area contributed by atoms with Crippen molar-refractivity contribution in [3.8, 4) is 5.75 Å². The first kappa shape index (κ1) is 20.8. The number of nitrogens with one attached hydrogen (secondary N) is 1. The lowest BCUT2D eigenvalue weighted by molar-refractivity contribution is -0.117. The number of aryl methyl sites for hydroxylation is 1. The minimum Gasteiger partial charge on any atom is -0.497 e. The van der Waals surface area contributed by atoms with Crippen LogP contribution in [0.1, 0.15) is 25.8 Å². The third-order valence-corrected chi connectivity index (χ3v) is 5.47. The normalized spacial score (nSPS) is 12.3. The third-order valence-electron chi connectivity index (χ3n) is 4.29. The summed E-state index contributed by atoms with van der Waals surface area (Å²) in [6.45, 7) is 3.79. The van der Waals surface area contributed by atoms with E-state index in [1.54, 1.807) is 31.2 Å². The van der Waals surface area contributed by atoms with E-state index < -0.39 is 16.1 Å². The molecule has 0 fully saturated rings. The van der Waals surface area contributed by atoms with E-state index in [1.807, 2.05) is 31.2 Å². The molecule has 1 amide bonds. The van der Waals surface area contributed by atoms with Gasteiger partial charge in [-0.25, -0.2) is 8.42 Å². The van der Waals surface area contributed by atoms with Gasteiger partial charge in [0.15, 0.2) is 0 Å². The van der Waals surface area contributed by atoms with Crippen molar-refractivity contribution in [1.82, 2.24) is 0 Å². The van der Waals surface area contributed by atoms with E-state index in [0.29, 0.717) is 23.5 Å². The average Bonchev–Trinajstić information content (AvgIpc) is 2.65. The molecule has 0 aliphatic heterocycles. The predicted octanol–water partition coefficient (Wildman–Crippen LogP) is 3.44. The molecule has 2 aromatic carbocycles. The van der Waals surface area contributed by atoms with E-state index in [2.05, 4.69) is 5.32 Å². The highest BCUT2D eigenvalue weighted by atomic mass is 32.2. The highest BCUT2D eigenvalue weighted by Crippen LogP contribution is 2.27. The van der Waals surface area contributed by atoms with Gasteiger partial charge in [0.2, 0.25) is 15.9 Å². The fourth-order valence-corrected chi connectivity index (χ4v) is 4.18. The molecule has 0 bridgehead atoms. The van der Waals surface area contributed by atoms with Gasteiger partial charge in [-0.15, -0.1) is 0 Å². The molecule has 7 heteroatoms. The van der Waals surface area contributed by atoms with Gasteiger partial charge >= 0.3 is 0 Å². The van der Waals surface area contributed by atoms with Crippen molar-refractivity contribution in [3.63, 3.8) is 0 Å². The number of amides is 1. The van der Waals surface area contributed by atoms with Crippen LogP contribution in [0.25, 0.3) is 0 Å². The van der Waals surface area contributed by atoms with E-state index in [-0.39, 0.29) is 5.91 Å². The molecule has 0 heterocycles. The van der Waals surface area contributed by atoms with Crippen LogP contribution in [0, 0.1) is 0 Å². The molecular formula is C20H26N2O4S. The van der Waals surface area contributed by atoms with Crippen molar-refractivity contribution in [2.75, 3.05) is 23.0 Å². The molecule has 27 heavy (non-hydrogen) atoms. The Balaban J connectivity index is 2.41. The summed E-state index contributed by atoms with van der Waals surface area (Å²) in [5.41, 5.74) is 2.08. The van der Waals surface area contributed by atoms with Crippen LogP contribution in [0.2, 0.25) is 0 Å². The van der Waals surface area contributed by atoms with E-state index in [0.717, 1.165) is 22.5 Å². The predicted molar refractivity (Wildman–Crippen MR) is 109 cm³/mol. The van der Waals surface area contributed by atoms with Crippen molar-refractivity contribution >= 4 is 27.3 Å². The number of benzene rings is 2. The Hall–Kier alpha value is -2.54. The Morgan fingerprint density at radius 3 is 2.44 bits per heavy atom. The third kappa shape index (κ3) is 5.01. The van der Waals surface area contributed by atoms with Crippen LogP contribution in [0.4, 0.5) is 11.4 Å². The molecule has 1 atom stereocenters. The second-order valence-corrected chi connectivity index (χ2v) is 8.04. The summed E-state index contributed by atoms with van der Waals surface area (Å²) in [4.78, 5) is 13.0. The molecule has 0 spiro atoms. The highest BCUT2D eigenvalue weighted by Gasteiger charge is 2.32. The standard InChI is InChI=1S/C20H26N2O4S/c1-5-15-10-7-8-13-18(15)21-20(23)19(6-2)22(27(4,24)25)16-11-9-12-17(14-16)26-3/h7-14,19H,5-6H2,1-4H3,(H,21,23)/t19-/m1/s1. The maximum atomic E-state index is 13.0. The van der Waals surface area contributed by atoms with Crippen LogP contribution in [-0.4, -0.2) is 33.7 Å². The summed E-state index contributed by atoms with van der Waals surface area (Å²) >= 11 is 0. The van der Waals surface area contributed by atoms with Crippen LogP contribution in [0.3, 0.4) is 0 Å². The van der Waals surface area contributed by atoms with Crippen molar-refractivity contribution in [1.29, 1.82) is 0 Å². The van der Waals surface area contributed by atoms with Gasteiger partial charge in [-0.3, -0.25) is 9.10 Å². The van der Waals surface area contributed by atoms with E-state index >= 15 is 0 Å². The second kappa shape index (κ2) is 8.90. The molecule has 0 unspecified atom stereocenters. The van der Waals surface area contributed by atoms with Crippen molar-refractivity contribution in [2.45, 2.75) is 32.7 Å². The van der Waals surface area contributed by atoms with Crippen LogP contribution >= 0.6 is 0 Å². The Morgan fingerprint density at radius 2 is 1.85 bits per heavy atom. The van der Waals surface area contributed by atoms with Crippen molar-refractivity contribution in [3.05, 3.63) is 54.1 Å². The number of hydrogen-bond acceptors (Lipinski definition) is 4. The number of anilines is 2. The van der Waals surface area contributed by atoms with Gasteiger partial charge in [0.1, 0.15) is 11.8 Å². The first-order chi connectivity index (χ1) is 12.8. The Morgan fingerprint density at radius 1 is 1.15 bits per heavy atom. The molecule has 0 saturated carbocycles. The number of nitrogens with zero attached hydrogens (tertiary/aromatic N) is 1. The van der Waals surface area contributed by atoms with Crippen LogP contribution in [0.5, 0.6) is 5.75 Å². The second-order valence-electron chi connectivity index (χ2n) is 6.18. The van der Waals surface area contributed by atoms with Gasteiger partial charge in [-0.1, -0.05) is 38.1 Å². The number of sulfonamides is 1. The smallest absolute Gasteiger partial charge is 0.248 e. The quantitative estimate of drug-likeness (QED) is 0.749. The number of rotatable bonds is 8. The molecule has 0 aromatic heterocycles. The van der Waals surface area contributed by atoms with Gasteiger partial charge in [-0.2, -0.15) is 0 Å². The van der Waals surface area contributed by atoms with Crippen molar-refractivity contribution in [2.24, 2.45) is 0 Å². The molecule has 0 aliphatic rings. The van der Waals surface area contributed by atoms with E-state index in [1.165, 1.54) is 7.11 Å². The molecule has 0 aliphatic carbocycles. The first-order valence-corrected chi connectivity index (χ1v) is 10.7. The Labute approximate surface area is 161 Å². The lowest BCUT2D eigenvalue weighted by Gasteiger charge is -2.30. The molecule has 146 valence electrons. The summed E-state index contributed by atoms with van der Waals surface area (Å²) < 4.78 is 31.4. The molecular weight excluding hydrogens is 364 g/mol. The Bertz CT molecular complexity index is 896.